The van der Waals surface area contributed by atoms with Gasteiger partial charge in [-0.05, 0) is 30.7 Å². The lowest BCUT2D eigenvalue weighted by molar-refractivity contribution is 0.0939. The summed E-state index contributed by atoms with van der Waals surface area (Å²) in [6.45, 7) is 0. The fraction of sp³-hybridized carbons (Fsp3) is 0.417. The van der Waals surface area contributed by atoms with E-state index in [-0.39, 0.29) is 23.2 Å². The molecule has 4 nitrogen and oxygen atoms in total. The van der Waals surface area contributed by atoms with Gasteiger partial charge in [-0.25, -0.2) is 4.39 Å². The zero-order valence-corrected chi connectivity index (χ0v) is 10.7. The van der Waals surface area contributed by atoms with Gasteiger partial charge in [0.1, 0.15) is 5.82 Å². The third-order valence-electron chi connectivity index (χ3n) is 2.90. The van der Waals surface area contributed by atoms with Gasteiger partial charge in [0.05, 0.1) is 11.3 Å². The molecule has 0 bridgehead atoms. The molecule has 4 N–H and O–H groups in total. The van der Waals surface area contributed by atoms with Crippen LogP contribution >= 0.6 is 11.8 Å². The second-order valence-electron chi connectivity index (χ2n) is 4.19. The highest BCUT2D eigenvalue weighted by Gasteiger charge is 2.19. The minimum atomic E-state index is -0.525. The van der Waals surface area contributed by atoms with E-state index in [2.05, 4.69) is 10.7 Å². The van der Waals surface area contributed by atoms with Gasteiger partial charge in [0.25, 0.3) is 5.91 Å². The highest BCUT2D eigenvalue weighted by molar-refractivity contribution is 7.99. The van der Waals surface area contributed by atoms with Gasteiger partial charge < -0.3 is 10.7 Å². The molecule has 1 saturated heterocycles. The van der Waals surface area contributed by atoms with Crippen molar-refractivity contribution in [3.05, 3.63) is 29.6 Å². The van der Waals surface area contributed by atoms with E-state index < -0.39 is 5.82 Å². The second-order valence-corrected chi connectivity index (χ2v) is 5.34. The third kappa shape index (κ3) is 2.94. The van der Waals surface area contributed by atoms with Gasteiger partial charge in [-0.3, -0.25) is 10.6 Å². The molecule has 0 saturated carbocycles. The van der Waals surface area contributed by atoms with E-state index in [1.807, 2.05) is 11.8 Å². The van der Waals surface area contributed by atoms with E-state index in [1.165, 1.54) is 12.1 Å². The molecule has 1 heterocycles. The molecule has 18 heavy (non-hydrogen) atoms. The molecule has 1 amide bonds. The van der Waals surface area contributed by atoms with Crippen LogP contribution in [0.2, 0.25) is 0 Å². The van der Waals surface area contributed by atoms with Gasteiger partial charge >= 0.3 is 0 Å². The number of amides is 1. The number of nitrogen functional groups attached to an aromatic ring is 1. The van der Waals surface area contributed by atoms with Gasteiger partial charge in [0, 0.05) is 11.8 Å². The number of carbonyl (C=O) groups is 1. The van der Waals surface area contributed by atoms with E-state index in [0.29, 0.717) is 0 Å². The minimum absolute atomic E-state index is 0.0402. The Bertz CT molecular complexity index is 435. The van der Waals surface area contributed by atoms with Crippen molar-refractivity contribution in [1.82, 2.24) is 5.32 Å². The van der Waals surface area contributed by atoms with Gasteiger partial charge in [-0.2, -0.15) is 11.8 Å². The Morgan fingerprint density at radius 1 is 1.50 bits per heavy atom. The SMILES string of the molecule is NNc1c(F)cccc1C(=O)NC1CCCSC1. The number of benzene rings is 1. The summed E-state index contributed by atoms with van der Waals surface area (Å²) < 4.78 is 13.5. The predicted octanol–water partition coefficient (Wildman–Crippen LogP) is 1.74. The average molecular weight is 269 g/mol. The van der Waals surface area contributed by atoms with Gasteiger partial charge in [0.2, 0.25) is 0 Å². The van der Waals surface area contributed by atoms with E-state index in [4.69, 9.17) is 5.84 Å². The smallest absolute Gasteiger partial charge is 0.253 e. The standard InChI is InChI=1S/C12H16FN3OS/c13-10-5-1-4-9(11(10)16-14)12(17)15-8-3-2-6-18-7-8/h1,4-5,8,16H,2-3,6-7,14H2,(H,15,17). The lowest BCUT2D eigenvalue weighted by Gasteiger charge is -2.23. The van der Waals surface area contributed by atoms with E-state index in [9.17, 15) is 9.18 Å². The number of hydrazine groups is 1. The van der Waals surface area contributed by atoms with Crippen LogP contribution in [0.3, 0.4) is 0 Å². The predicted molar refractivity (Wildman–Crippen MR) is 72.0 cm³/mol. The first-order chi connectivity index (χ1) is 8.72. The Labute approximate surface area is 109 Å². The van der Waals surface area contributed by atoms with Gasteiger partial charge in [0.15, 0.2) is 0 Å². The van der Waals surface area contributed by atoms with Crippen LogP contribution in [0.25, 0.3) is 0 Å². The summed E-state index contributed by atoms with van der Waals surface area (Å²) in [6, 6.07) is 4.48. The fourth-order valence-corrected chi connectivity index (χ4v) is 3.05. The molecule has 1 aliphatic rings. The van der Waals surface area contributed by atoms with Crippen LogP contribution in [-0.4, -0.2) is 23.5 Å². The Morgan fingerprint density at radius 3 is 3.00 bits per heavy atom. The average Bonchev–Trinajstić information content (AvgIpc) is 2.39. The number of para-hydroxylation sites is 1. The largest absolute Gasteiger partial charge is 0.348 e. The van der Waals surface area contributed by atoms with Crippen molar-refractivity contribution >= 4 is 23.4 Å². The van der Waals surface area contributed by atoms with Crippen LogP contribution < -0.4 is 16.6 Å². The van der Waals surface area contributed by atoms with Crippen LogP contribution in [0.5, 0.6) is 0 Å². The summed E-state index contributed by atoms with van der Waals surface area (Å²) in [4.78, 5) is 12.1. The topological polar surface area (TPSA) is 67.1 Å². The van der Waals surface area contributed by atoms with Gasteiger partial charge in [-0.1, -0.05) is 6.07 Å². The zero-order chi connectivity index (χ0) is 13.0. The number of rotatable bonds is 3. The maximum absolute atomic E-state index is 13.5. The Hall–Kier alpha value is -1.27. The lowest BCUT2D eigenvalue weighted by Crippen LogP contribution is -2.38. The van der Waals surface area contributed by atoms with E-state index in [1.54, 1.807) is 6.07 Å². The van der Waals surface area contributed by atoms with Crippen molar-refractivity contribution in [3.8, 4) is 0 Å². The monoisotopic (exact) mass is 269 g/mol. The van der Waals surface area contributed by atoms with Crippen LogP contribution in [-0.2, 0) is 0 Å². The second kappa shape index (κ2) is 6.06. The first-order valence-electron chi connectivity index (χ1n) is 5.86. The molecular formula is C12H16FN3OS. The van der Waals surface area contributed by atoms with Crippen LogP contribution in [0.1, 0.15) is 23.2 Å². The number of hydrogen-bond donors (Lipinski definition) is 3. The quantitative estimate of drug-likeness (QED) is 0.577. The zero-order valence-electron chi connectivity index (χ0n) is 9.91. The Balaban J connectivity index is 2.10. The van der Waals surface area contributed by atoms with Crippen molar-refractivity contribution < 1.29 is 9.18 Å². The number of thioether (sulfide) groups is 1. The van der Waals surface area contributed by atoms with E-state index in [0.717, 1.165) is 24.3 Å². The molecule has 2 rings (SSSR count). The van der Waals surface area contributed by atoms with Crippen LogP contribution in [0, 0.1) is 5.82 Å². The molecule has 6 heteroatoms. The van der Waals surface area contributed by atoms with Crippen LogP contribution in [0.15, 0.2) is 18.2 Å². The molecule has 0 aromatic heterocycles. The molecule has 98 valence electrons. The van der Waals surface area contributed by atoms with Crippen molar-refractivity contribution in [2.45, 2.75) is 18.9 Å². The highest BCUT2D eigenvalue weighted by atomic mass is 32.2. The lowest BCUT2D eigenvalue weighted by atomic mass is 10.1. The molecule has 1 unspecified atom stereocenters. The number of halogens is 1. The maximum atomic E-state index is 13.5. The molecule has 0 aliphatic carbocycles. The summed E-state index contributed by atoms with van der Waals surface area (Å²) >= 11 is 1.82. The van der Waals surface area contributed by atoms with Crippen molar-refractivity contribution in [1.29, 1.82) is 0 Å². The van der Waals surface area contributed by atoms with Gasteiger partial charge in [-0.15, -0.1) is 0 Å². The van der Waals surface area contributed by atoms with Crippen LogP contribution in [0.4, 0.5) is 10.1 Å². The summed E-state index contributed by atoms with van der Waals surface area (Å²) in [5.41, 5.74) is 2.52. The molecule has 1 aliphatic heterocycles. The Morgan fingerprint density at radius 2 is 2.33 bits per heavy atom. The molecule has 1 atom stereocenters. The van der Waals surface area contributed by atoms with E-state index >= 15 is 0 Å². The first kappa shape index (κ1) is 13.2. The molecule has 1 aromatic carbocycles. The number of nitrogens with one attached hydrogen (secondary N) is 2. The van der Waals surface area contributed by atoms with Crippen molar-refractivity contribution in [3.63, 3.8) is 0 Å². The third-order valence-corrected chi connectivity index (χ3v) is 4.11. The summed E-state index contributed by atoms with van der Waals surface area (Å²) in [5.74, 6) is 6.49. The molecule has 1 aromatic rings. The first-order valence-corrected chi connectivity index (χ1v) is 7.01. The normalized spacial score (nSPS) is 19.3. The summed E-state index contributed by atoms with van der Waals surface area (Å²) in [7, 11) is 0. The Kier molecular flexibility index (Phi) is 4.43. The van der Waals surface area contributed by atoms with Crippen molar-refractivity contribution in [2.24, 2.45) is 5.84 Å². The van der Waals surface area contributed by atoms with Crippen molar-refractivity contribution in [2.75, 3.05) is 16.9 Å². The number of anilines is 1. The fourth-order valence-electron chi connectivity index (χ4n) is 1.98. The number of hydrogen-bond acceptors (Lipinski definition) is 4. The molecule has 0 spiro atoms. The molecule has 1 fully saturated rings. The maximum Gasteiger partial charge on any atom is 0.253 e. The summed E-state index contributed by atoms with van der Waals surface area (Å²) in [5, 5.41) is 2.92. The minimum Gasteiger partial charge on any atom is -0.348 e. The number of carbonyl (C=O) groups excluding carboxylic acids is 1. The highest BCUT2D eigenvalue weighted by Crippen LogP contribution is 2.21. The number of nitrogens with two attached hydrogens (primary N) is 1. The summed E-state index contributed by atoms with van der Waals surface area (Å²) in [6.07, 6.45) is 2.07. The molecular weight excluding hydrogens is 253 g/mol. The molecule has 0 radical (unpaired) electrons.